The number of imidazole rings is 1. The van der Waals surface area contributed by atoms with Gasteiger partial charge >= 0.3 is 0 Å². The number of H-pyrrole nitrogens is 1. The van der Waals surface area contributed by atoms with Crippen LogP contribution in [-0.4, -0.2) is 24.6 Å². The van der Waals surface area contributed by atoms with Crippen molar-refractivity contribution in [2.45, 2.75) is 10.9 Å². The van der Waals surface area contributed by atoms with Crippen molar-refractivity contribution in [3.63, 3.8) is 0 Å². The van der Waals surface area contributed by atoms with E-state index in [1.165, 1.54) is 24.3 Å². The lowest BCUT2D eigenvalue weighted by molar-refractivity contribution is 0.598. The lowest BCUT2D eigenvalue weighted by Gasteiger charge is -2.17. The summed E-state index contributed by atoms with van der Waals surface area (Å²) in [4.78, 5) is 6.77. The summed E-state index contributed by atoms with van der Waals surface area (Å²) in [7, 11) is -3.66. The van der Waals surface area contributed by atoms with E-state index >= 15 is 0 Å². The van der Waals surface area contributed by atoms with Crippen LogP contribution in [0.25, 0.3) is 0 Å². The second kappa shape index (κ2) is 7.39. The van der Waals surface area contributed by atoms with Crippen molar-refractivity contribution in [2.75, 3.05) is 6.26 Å². The maximum atomic E-state index is 13.6. The molecule has 0 bridgehead atoms. The number of hydrogen-bond donors (Lipinski definition) is 1. The van der Waals surface area contributed by atoms with Gasteiger partial charge in [-0.15, -0.1) is 0 Å². The fourth-order valence-corrected chi connectivity index (χ4v) is 4.21. The zero-order valence-electron chi connectivity index (χ0n) is 13.6. The van der Waals surface area contributed by atoms with Crippen LogP contribution >= 0.6 is 34.8 Å². The van der Waals surface area contributed by atoms with Crippen LogP contribution in [0.5, 0.6) is 0 Å². The predicted molar refractivity (Wildman–Crippen MR) is 100 cm³/mol. The molecule has 0 aliphatic carbocycles. The molecule has 3 rings (SSSR count). The first-order valence-electron chi connectivity index (χ1n) is 7.43. The molecule has 2 aromatic carbocycles. The molecular weight excluding hydrogens is 441 g/mol. The number of rotatable bonds is 4. The van der Waals surface area contributed by atoms with Crippen LogP contribution in [0.4, 0.5) is 8.78 Å². The highest BCUT2D eigenvalue weighted by molar-refractivity contribution is 7.90. The first-order chi connectivity index (χ1) is 12.6. The van der Waals surface area contributed by atoms with Crippen LogP contribution in [-0.2, 0) is 9.84 Å². The molecule has 0 amide bonds. The van der Waals surface area contributed by atoms with E-state index < -0.39 is 27.4 Å². The van der Waals surface area contributed by atoms with Crippen LogP contribution < -0.4 is 0 Å². The molecule has 0 spiro atoms. The summed E-state index contributed by atoms with van der Waals surface area (Å²) >= 11 is 17.7. The van der Waals surface area contributed by atoms with Crippen molar-refractivity contribution in [2.24, 2.45) is 0 Å². The molecule has 1 aromatic heterocycles. The Morgan fingerprint density at radius 2 is 1.44 bits per heavy atom. The number of halogens is 5. The molecule has 10 heteroatoms. The van der Waals surface area contributed by atoms with Crippen LogP contribution in [0.3, 0.4) is 0 Å². The van der Waals surface area contributed by atoms with E-state index in [0.717, 1.165) is 18.4 Å². The minimum Gasteiger partial charge on any atom is -0.331 e. The molecule has 0 fully saturated rings. The summed E-state index contributed by atoms with van der Waals surface area (Å²) in [6, 6.07) is 7.99. The molecule has 1 N–H and O–H groups in total. The third kappa shape index (κ3) is 4.11. The van der Waals surface area contributed by atoms with Gasteiger partial charge in [0.1, 0.15) is 17.5 Å². The van der Waals surface area contributed by atoms with E-state index in [-0.39, 0.29) is 26.0 Å². The normalized spacial score (nSPS) is 12.0. The van der Waals surface area contributed by atoms with Crippen LogP contribution in [0, 0.1) is 11.6 Å². The molecule has 0 saturated heterocycles. The highest BCUT2D eigenvalue weighted by Gasteiger charge is 2.26. The van der Waals surface area contributed by atoms with Crippen molar-refractivity contribution >= 4 is 44.6 Å². The third-order valence-corrected chi connectivity index (χ3v) is 5.85. The monoisotopic (exact) mass is 450 g/mol. The van der Waals surface area contributed by atoms with Crippen LogP contribution in [0.15, 0.2) is 41.4 Å². The number of aromatic amines is 1. The van der Waals surface area contributed by atoms with Crippen LogP contribution in [0.2, 0.25) is 15.2 Å². The second-order valence-corrected chi connectivity index (χ2v) is 8.92. The van der Waals surface area contributed by atoms with Crippen LogP contribution in [0.1, 0.15) is 22.9 Å². The SMILES string of the molecule is CS(=O)(=O)c1[nH]c(C(c2ccc(F)c(Cl)c2)c2ccc(F)c(Cl)c2)nc1Cl. The van der Waals surface area contributed by atoms with Gasteiger partial charge in [-0.2, -0.15) is 0 Å². The summed E-state index contributed by atoms with van der Waals surface area (Å²) in [6.07, 6.45) is 0.981. The molecule has 0 radical (unpaired) electrons. The van der Waals surface area contributed by atoms with Crippen molar-refractivity contribution in [1.82, 2.24) is 9.97 Å². The molecule has 0 aliphatic rings. The highest BCUT2D eigenvalue weighted by Crippen LogP contribution is 2.35. The van der Waals surface area contributed by atoms with E-state index in [1.54, 1.807) is 0 Å². The van der Waals surface area contributed by atoms with Gasteiger partial charge in [0, 0.05) is 6.26 Å². The first kappa shape index (κ1) is 20.1. The second-order valence-electron chi connectivity index (χ2n) is 5.79. The van der Waals surface area contributed by atoms with Gasteiger partial charge in [-0.3, -0.25) is 0 Å². The lowest BCUT2D eigenvalue weighted by atomic mass is 9.90. The molecule has 1 heterocycles. The molecule has 27 heavy (non-hydrogen) atoms. The summed E-state index contributed by atoms with van der Waals surface area (Å²) < 4.78 is 50.9. The van der Waals surface area contributed by atoms with Gasteiger partial charge in [0.25, 0.3) is 0 Å². The third-order valence-electron chi connectivity index (χ3n) is 3.85. The minimum absolute atomic E-state index is 0.133. The van der Waals surface area contributed by atoms with Gasteiger partial charge in [-0.05, 0) is 35.4 Å². The largest absolute Gasteiger partial charge is 0.331 e. The highest BCUT2D eigenvalue weighted by atomic mass is 35.5. The van der Waals surface area contributed by atoms with Gasteiger partial charge in [0.2, 0.25) is 0 Å². The lowest BCUT2D eigenvalue weighted by Crippen LogP contribution is -2.07. The topological polar surface area (TPSA) is 62.8 Å². The van der Waals surface area contributed by atoms with E-state index in [1.807, 2.05) is 0 Å². The number of sulfone groups is 1. The summed E-state index contributed by atoms with van der Waals surface area (Å²) in [5, 5.41) is -0.761. The van der Waals surface area contributed by atoms with E-state index in [9.17, 15) is 17.2 Å². The van der Waals surface area contributed by atoms with Crippen molar-refractivity contribution in [3.8, 4) is 0 Å². The standard InChI is InChI=1S/C17H11Cl3F2N2O2S/c1-27(25,26)17-15(20)23-16(24-17)14(8-2-4-12(21)10(18)6-8)9-3-5-13(22)11(19)7-9/h2-7,14H,1H3,(H,23,24). The maximum Gasteiger partial charge on any atom is 0.193 e. The molecule has 4 nitrogen and oxygen atoms in total. The fraction of sp³-hybridized carbons (Fsp3) is 0.118. The number of aromatic nitrogens is 2. The molecule has 0 aliphatic heterocycles. The average Bonchev–Trinajstić information content (AvgIpc) is 2.96. The Balaban J connectivity index is 2.24. The molecular formula is C17H11Cl3F2N2O2S. The quantitative estimate of drug-likeness (QED) is 0.591. The van der Waals surface area contributed by atoms with E-state index in [0.29, 0.717) is 11.1 Å². The number of benzene rings is 2. The zero-order chi connectivity index (χ0) is 19.9. The molecule has 0 atom stereocenters. The fourth-order valence-electron chi connectivity index (χ4n) is 2.63. The summed E-state index contributed by atoms with van der Waals surface area (Å²) in [5.41, 5.74) is 0.962. The predicted octanol–water partition coefficient (Wildman–Crippen LogP) is 5.23. The number of nitrogens with one attached hydrogen (secondary N) is 1. The molecule has 0 saturated carbocycles. The Morgan fingerprint density at radius 3 is 1.81 bits per heavy atom. The van der Waals surface area contributed by atoms with Crippen molar-refractivity contribution in [1.29, 1.82) is 0 Å². The first-order valence-corrected chi connectivity index (χ1v) is 10.5. The van der Waals surface area contributed by atoms with Gasteiger partial charge in [-0.1, -0.05) is 46.9 Å². The number of hydrogen-bond acceptors (Lipinski definition) is 3. The molecule has 142 valence electrons. The van der Waals surface area contributed by atoms with Gasteiger partial charge in [-0.25, -0.2) is 22.2 Å². The van der Waals surface area contributed by atoms with Crippen molar-refractivity contribution in [3.05, 3.63) is 80.2 Å². The van der Waals surface area contributed by atoms with Gasteiger partial charge < -0.3 is 4.98 Å². The molecule has 0 unspecified atom stereocenters. The molecule has 3 aromatic rings. The zero-order valence-corrected chi connectivity index (χ0v) is 16.7. The van der Waals surface area contributed by atoms with Gasteiger partial charge in [0.15, 0.2) is 20.0 Å². The van der Waals surface area contributed by atoms with Crippen molar-refractivity contribution < 1.29 is 17.2 Å². The van der Waals surface area contributed by atoms with E-state index in [4.69, 9.17) is 34.8 Å². The minimum atomic E-state index is -3.66. The van der Waals surface area contributed by atoms with E-state index in [2.05, 4.69) is 9.97 Å². The number of nitrogens with zero attached hydrogens (tertiary/aromatic N) is 1. The smallest absolute Gasteiger partial charge is 0.193 e. The van der Waals surface area contributed by atoms with Gasteiger partial charge in [0.05, 0.1) is 16.0 Å². The summed E-state index contributed by atoms with van der Waals surface area (Å²) in [5.74, 6) is -1.82. The Hall–Kier alpha value is -1.67. The Morgan fingerprint density at radius 1 is 0.963 bits per heavy atom. The average molecular weight is 452 g/mol. The summed E-state index contributed by atoms with van der Waals surface area (Å²) in [6.45, 7) is 0. The Bertz CT molecular complexity index is 1080. The Kier molecular flexibility index (Phi) is 5.49. The maximum absolute atomic E-state index is 13.6. The Labute approximate surface area is 169 Å².